The van der Waals surface area contributed by atoms with E-state index in [1.807, 2.05) is 30.3 Å². The molecule has 0 aromatic heterocycles. The molecule has 1 aliphatic heterocycles. The number of hydrogen-bond acceptors (Lipinski definition) is 3. The van der Waals surface area contributed by atoms with Gasteiger partial charge in [0.05, 0.1) is 0 Å². The summed E-state index contributed by atoms with van der Waals surface area (Å²) in [6.45, 7) is 12.1. The molecular weight excluding hydrogens is 382 g/mol. The third kappa shape index (κ3) is 4.90. The summed E-state index contributed by atoms with van der Waals surface area (Å²) in [4.78, 5) is 2.52. The van der Waals surface area contributed by atoms with Crippen molar-refractivity contribution in [2.24, 2.45) is 11.3 Å². The molecule has 3 nitrogen and oxygen atoms in total. The molecule has 3 rings (SSSR count). The van der Waals surface area contributed by atoms with Crippen LogP contribution in [0.5, 0.6) is 11.5 Å². The molecule has 1 fully saturated rings. The second kappa shape index (κ2) is 8.97. The van der Waals surface area contributed by atoms with Crippen LogP contribution in [0.3, 0.4) is 0 Å². The van der Waals surface area contributed by atoms with Gasteiger partial charge in [-0.15, -0.1) is 0 Å². The van der Waals surface area contributed by atoms with Gasteiger partial charge in [-0.05, 0) is 62.2 Å². The van der Waals surface area contributed by atoms with Crippen LogP contribution < -0.4 is 4.74 Å². The Morgan fingerprint density at radius 1 is 1.03 bits per heavy atom. The van der Waals surface area contributed by atoms with E-state index in [9.17, 15) is 5.11 Å². The third-order valence-corrected chi connectivity index (χ3v) is 6.77. The van der Waals surface area contributed by atoms with E-state index in [-0.39, 0.29) is 16.8 Å². The molecule has 1 heterocycles. The van der Waals surface area contributed by atoms with Crippen molar-refractivity contribution >= 4 is 11.6 Å². The van der Waals surface area contributed by atoms with Crippen LogP contribution in [-0.4, -0.2) is 28.7 Å². The number of phenols is 1. The number of ether oxygens (including phenoxy) is 1. The van der Waals surface area contributed by atoms with Gasteiger partial charge < -0.3 is 9.84 Å². The van der Waals surface area contributed by atoms with Crippen LogP contribution in [0.15, 0.2) is 48.5 Å². The molecule has 1 saturated heterocycles. The molecule has 2 aromatic rings. The minimum Gasteiger partial charge on any atom is -0.504 e. The first-order valence-electron chi connectivity index (χ1n) is 10.7. The van der Waals surface area contributed by atoms with E-state index in [1.165, 1.54) is 5.56 Å². The van der Waals surface area contributed by atoms with E-state index in [2.05, 4.69) is 44.7 Å². The molecule has 1 aliphatic rings. The van der Waals surface area contributed by atoms with Gasteiger partial charge in [-0.25, -0.2) is 0 Å². The number of nitrogens with zero attached hydrogens (tertiary/aromatic N) is 1. The normalized spacial score (nSPS) is 18.4. The van der Waals surface area contributed by atoms with Crippen molar-refractivity contribution in [3.63, 3.8) is 0 Å². The molecular formula is C25H34ClNO2. The zero-order valence-corrected chi connectivity index (χ0v) is 18.9. The minimum atomic E-state index is -0.321. The molecule has 2 aromatic carbocycles. The number of piperidine rings is 1. The number of para-hydroxylation sites is 2. The number of hydrogen-bond donors (Lipinski definition) is 1. The lowest BCUT2D eigenvalue weighted by atomic mass is 9.64. The molecule has 1 unspecified atom stereocenters. The topological polar surface area (TPSA) is 32.7 Å². The van der Waals surface area contributed by atoms with Crippen LogP contribution >= 0.6 is 11.6 Å². The second-order valence-corrected chi connectivity index (χ2v) is 9.68. The van der Waals surface area contributed by atoms with Crippen LogP contribution in [0, 0.1) is 11.3 Å². The standard InChI is InChI=1S/C25H34ClNO2/c1-5-25(24(2,3)4,29-23-9-7-6-8-22(23)28)20-14-16-27(17-15-20)18-19-10-12-21(26)13-11-19/h6-13,20,28H,5,14-18H2,1-4H3. The summed E-state index contributed by atoms with van der Waals surface area (Å²) in [7, 11) is 0. The van der Waals surface area contributed by atoms with Gasteiger partial charge in [0.25, 0.3) is 0 Å². The van der Waals surface area contributed by atoms with Crippen LogP contribution in [0.2, 0.25) is 5.02 Å². The van der Waals surface area contributed by atoms with Gasteiger partial charge in [-0.2, -0.15) is 0 Å². The smallest absolute Gasteiger partial charge is 0.161 e. The van der Waals surface area contributed by atoms with Gasteiger partial charge in [0.15, 0.2) is 11.5 Å². The summed E-state index contributed by atoms with van der Waals surface area (Å²) >= 11 is 6.01. The zero-order chi connectivity index (χ0) is 21.1. The highest BCUT2D eigenvalue weighted by Crippen LogP contribution is 2.48. The minimum absolute atomic E-state index is 0.0486. The highest BCUT2D eigenvalue weighted by atomic mass is 35.5. The summed E-state index contributed by atoms with van der Waals surface area (Å²) in [6, 6.07) is 15.5. The van der Waals surface area contributed by atoms with Crippen molar-refractivity contribution in [2.45, 2.75) is 59.1 Å². The average Bonchev–Trinajstić information content (AvgIpc) is 2.69. The average molecular weight is 416 g/mol. The Labute approximate surface area is 180 Å². The molecule has 158 valence electrons. The van der Waals surface area contributed by atoms with Gasteiger partial charge in [0.1, 0.15) is 5.60 Å². The molecule has 0 aliphatic carbocycles. The Bertz CT molecular complexity index is 791. The maximum Gasteiger partial charge on any atom is 0.161 e. The maximum atomic E-state index is 10.3. The summed E-state index contributed by atoms with van der Waals surface area (Å²) in [6.07, 6.45) is 3.09. The van der Waals surface area contributed by atoms with E-state index >= 15 is 0 Å². The number of rotatable bonds is 6. The lowest BCUT2D eigenvalue weighted by molar-refractivity contribution is -0.102. The summed E-state index contributed by atoms with van der Waals surface area (Å²) in [5.74, 6) is 1.25. The number of likely N-dealkylation sites (tertiary alicyclic amines) is 1. The van der Waals surface area contributed by atoms with E-state index in [1.54, 1.807) is 6.07 Å². The molecule has 0 spiro atoms. The Balaban J connectivity index is 1.74. The fourth-order valence-electron chi connectivity index (χ4n) is 4.89. The van der Waals surface area contributed by atoms with E-state index in [0.29, 0.717) is 11.7 Å². The van der Waals surface area contributed by atoms with Crippen molar-refractivity contribution in [1.29, 1.82) is 0 Å². The third-order valence-electron chi connectivity index (χ3n) is 6.52. The van der Waals surface area contributed by atoms with Crippen LogP contribution in [0.1, 0.15) is 52.5 Å². The van der Waals surface area contributed by atoms with Gasteiger partial charge in [0.2, 0.25) is 0 Å². The van der Waals surface area contributed by atoms with Gasteiger partial charge >= 0.3 is 0 Å². The SMILES string of the molecule is CCC(Oc1ccccc1O)(C1CCN(Cc2ccc(Cl)cc2)CC1)C(C)(C)C. The second-order valence-electron chi connectivity index (χ2n) is 9.24. The van der Waals surface area contributed by atoms with Crippen LogP contribution in [0.4, 0.5) is 0 Å². The molecule has 0 amide bonds. The van der Waals surface area contributed by atoms with Crippen molar-refractivity contribution in [3.05, 3.63) is 59.1 Å². The molecule has 4 heteroatoms. The first-order valence-corrected chi connectivity index (χ1v) is 11.1. The molecule has 29 heavy (non-hydrogen) atoms. The van der Waals surface area contributed by atoms with Crippen molar-refractivity contribution < 1.29 is 9.84 Å². The Kier molecular flexibility index (Phi) is 6.80. The summed E-state index contributed by atoms with van der Waals surface area (Å²) in [5, 5.41) is 11.1. The van der Waals surface area contributed by atoms with Gasteiger partial charge in [-0.3, -0.25) is 4.90 Å². The number of halogens is 1. The number of benzene rings is 2. The molecule has 0 saturated carbocycles. The Hall–Kier alpha value is -1.71. The zero-order valence-electron chi connectivity index (χ0n) is 18.1. The van der Waals surface area contributed by atoms with Crippen molar-refractivity contribution in [3.8, 4) is 11.5 Å². The van der Waals surface area contributed by atoms with Crippen LogP contribution in [-0.2, 0) is 6.54 Å². The Morgan fingerprint density at radius 2 is 1.66 bits per heavy atom. The van der Waals surface area contributed by atoms with Gasteiger partial charge in [0, 0.05) is 22.9 Å². The quantitative estimate of drug-likeness (QED) is 0.581. The first-order chi connectivity index (χ1) is 13.7. The fourth-order valence-corrected chi connectivity index (χ4v) is 5.01. The number of aromatic hydroxyl groups is 1. The number of phenolic OH excluding ortho intramolecular Hbond substituents is 1. The predicted molar refractivity (Wildman–Crippen MR) is 121 cm³/mol. The highest BCUT2D eigenvalue weighted by molar-refractivity contribution is 6.30. The van der Waals surface area contributed by atoms with E-state index in [0.717, 1.165) is 43.9 Å². The largest absolute Gasteiger partial charge is 0.504 e. The van der Waals surface area contributed by atoms with Crippen molar-refractivity contribution in [1.82, 2.24) is 4.90 Å². The maximum absolute atomic E-state index is 10.3. The van der Waals surface area contributed by atoms with Crippen molar-refractivity contribution in [2.75, 3.05) is 13.1 Å². The summed E-state index contributed by atoms with van der Waals surface area (Å²) < 4.78 is 6.67. The lowest BCUT2D eigenvalue weighted by Crippen LogP contribution is -2.56. The van der Waals surface area contributed by atoms with Crippen LogP contribution in [0.25, 0.3) is 0 Å². The Morgan fingerprint density at radius 3 is 2.21 bits per heavy atom. The van der Waals surface area contributed by atoms with Gasteiger partial charge in [-0.1, -0.05) is 63.6 Å². The fraction of sp³-hybridized carbons (Fsp3) is 0.520. The lowest BCUT2D eigenvalue weighted by Gasteiger charge is -2.51. The summed E-state index contributed by atoms with van der Waals surface area (Å²) in [5.41, 5.74) is 0.932. The molecule has 0 radical (unpaired) electrons. The molecule has 1 N–H and O–H groups in total. The molecule has 1 atom stereocenters. The monoisotopic (exact) mass is 415 g/mol. The predicted octanol–water partition coefficient (Wildman–Crippen LogP) is 6.53. The van der Waals surface area contributed by atoms with E-state index in [4.69, 9.17) is 16.3 Å². The van der Waals surface area contributed by atoms with E-state index < -0.39 is 0 Å². The molecule has 0 bridgehead atoms. The highest BCUT2D eigenvalue weighted by Gasteiger charge is 2.50. The first kappa shape index (κ1) is 22.0.